The van der Waals surface area contributed by atoms with Gasteiger partial charge in [-0.1, -0.05) is 29.4 Å². The molecule has 0 aromatic heterocycles. The van der Waals surface area contributed by atoms with Crippen LogP contribution in [0.25, 0.3) is 0 Å². The van der Waals surface area contributed by atoms with Crippen LogP contribution in [0.15, 0.2) is 18.2 Å². The van der Waals surface area contributed by atoms with Crippen molar-refractivity contribution >= 4 is 34.4 Å². The maximum absolute atomic E-state index is 13.7. The highest BCUT2D eigenvalue weighted by Gasteiger charge is 2.30. The molecule has 1 aliphatic rings. The van der Waals surface area contributed by atoms with Crippen molar-refractivity contribution in [2.24, 2.45) is 5.92 Å². The molecule has 108 valence electrons. The van der Waals surface area contributed by atoms with E-state index in [-0.39, 0.29) is 23.5 Å². The number of thioether (sulfide) groups is 1. The lowest BCUT2D eigenvalue weighted by molar-refractivity contribution is -0.128. The van der Waals surface area contributed by atoms with E-state index in [9.17, 15) is 14.0 Å². The quantitative estimate of drug-likeness (QED) is 0.857. The zero-order valence-corrected chi connectivity index (χ0v) is 12.6. The number of halogens is 2. The third-order valence-electron chi connectivity index (χ3n) is 3.23. The third kappa shape index (κ3) is 3.73. The smallest absolute Gasteiger partial charge is 0.223 e. The van der Waals surface area contributed by atoms with Gasteiger partial charge in [-0.25, -0.2) is 4.39 Å². The Balaban J connectivity index is 2.00. The van der Waals surface area contributed by atoms with E-state index in [4.69, 9.17) is 11.6 Å². The van der Waals surface area contributed by atoms with Crippen LogP contribution in [0.3, 0.4) is 0 Å². The molecule has 0 N–H and O–H groups in total. The number of likely N-dealkylation sites (tertiary alicyclic amines) is 1. The van der Waals surface area contributed by atoms with E-state index in [1.165, 1.54) is 24.8 Å². The van der Waals surface area contributed by atoms with Gasteiger partial charge in [0.15, 0.2) is 5.12 Å². The van der Waals surface area contributed by atoms with E-state index in [1.54, 1.807) is 17.0 Å². The van der Waals surface area contributed by atoms with Crippen molar-refractivity contribution in [2.45, 2.75) is 19.9 Å². The lowest BCUT2D eigenvalue weighted by Crippen LogP contribution is -2.25. The summed E-state index contributed by atoms with van der Waals surface area (Å²) in [4.78, 5) is 24.5. The second kappa shape index (κ2) is 6.59. The molecule has 1 unspecified atom stereocenters. The van der Waals surface area contributed by atoms with Crippen LogP contribution in [0.4, 0.5) is 4.39 Å². The molecule has 6 heteroatoms. The molecule has 1 aliphatic heterocycles. The maximum atomic E-state index is 13.7. The summed E-state index contributed by atoms with van der Waals surface area (Å²) >= 11 is 7.20. The van der Waals surface area contributed by atoms with E-state index in [0.29, 0.717) is 29.3 Å². The Bertz CT molecular complexity index is 518. The second-order valence-corrected chi connectivity index (χ2v) is 6.45. The lowest BCUT2D eigenvalue weighted by Gasteiger charge is -2.17. The van der Waals surface area contributed by atoms with Crippen LogP contribution in [0.2, 0.25) is 5.02 Å². The third-order valence-corrected chi connectivity index (χ3v) is 4.63. The number of benzene rings is 1. The molecule has 1 fully saturated rings. The first-order valence-corrected chi connectivity index (χ1v) is 7.67. The molecule has 0 radical (unpaired) electrons. The zero-order chi connectivity index (χ0) is 14.7. The van der Waals surface area contributed by atoms with Gasteiger partial charge in [-0.3, -0.25) is 9.59 Å². The first-order chi connectivity index (χ1) is 9.47. The molecule has 0 aliphatic carbocycles. The summed E-state index contributed by atoms with van der Waals surface area (Å²) in [5.74, 6) is 0.357. The fourth-order valence-corrected chi connectivity index (χ4v) is 3.14. The molecule has 1 saturated heterocycles. The molecular formula is C14H15ClFNO2S. The summed E-state index contributed by atoms with van der Waals surface area (Å²) in [7, 11) is 0. The largest absolute Gasteiger partial charge is 0.338 e. The monoisotopic (exact) mass is 315 g/mol. The lowest BCUT2D eigenvalue weighted by atomic mass is 10.1. The topological polar surface area (TPSA) is 37.4 Å². The fraction of sp³-hybridized carbons (Fsp3) is 0.429. The van der Waals surface area contributed by atoms with Crippen molar-refractivity contribution in [3.05, 3.63) is 34.6 Å². The van der Waals surface area contributed by atoms with Gasteiger partial charge in [0.05, 0.1) is 0 Å². The summed E-state index contributed by atoms with van der Waals surface area (Å²) in [6, 6.07) is 4.49. The number of hydrogen-bond acceptors (Lipinski definition) is 3. The molecule has 1 aromatic rings. The van der Waals surface area contributed by atoms with Gasteiger partial charge in [-0.2, -0.15) is 0 Å². The summed E-state index contributed by atoms with van der Waals surface area (Å²) in [6.07, 6.45) is 0.409. The Labute approximate surface area is 126 Å². The summed E-state index contributed by atoms with van der Waals surface area (Å²) in [6.45, 7) is 2.24. The molecule has 3 nitrogen and oxygen atoms in total. The Hall–Kier alpha value is -1.07. The Morgan fingerprint density at radius 3 is 2.95 bits per heavy atom. The van der Waals surface area contributed by atoms with Crippen LogP contribution in [-0.4, -0.2) is 28.2 Å². The van der Waals surface area contributed by atoms with Crippen molar-refractivity contribution < 1.29 is 14.0 Å². The number of rotatable bonds is 4. The predicted molar refractivity (Wildman–Crippen MR) is 78.1 cm³/mol. The normalized spacial score (nSPS) is 18.6. The standard InChI is InChI=1S/C14H15ClFNO2S/c1-9(18)20-8-10-5-14(19)17(6-10)7-11-12(15)3-2-4-13(11)16/h2-4,10H,5-8H2,1H3. The van der Waals surface area contributed by atoms with Crippen molar-refractivity contribution in [1.29, 1.82) is 0 Å². The van der Waals surface area contributed by atoms with E-state index in [2.05, 4.69) is 0 Å². The van der Waals surface area contributed by atoms with Gasteiger partial charge >= 0.3 is 0 Å². The molecule has 0 bridgehead atoms. The molecule has 20 heavy (non-hydrogen) atoms. The molecule has 1 heterocycles. The molecule has 2 rings (SSSR count). The van der Waals surface area contributed by atoms with E-state index in [0.717, 1.165) is 0 Å². The van der Waals surface area contributed by atoms with Crippen molar-refractivity contribution in [3.63, 3.8) is 0 Å². The minimum atomic E-state index is -0.396. The van der Waals surface area contributed by atoms with Gasteiger partial charge in [-0.05, 0) is 18.1 Å². The van der Waals surface area contributed by atoms with Crippen LogP contribution in [-0.2, 0) is 16.1 Å². The average Bonchev–Trinajstić information content (AvgIpc) is 2.72. The van der Waals surface area contributed by atoms with E-state index < -0.39 is 5.82 Å². The summed E-state index contributed by atoms with van der Waals surface area (Å²) in [5.41, 5.74) is 0.349. The van der Waals surface area contributed by atoms with Crippen molar-refractivity contribution in [3.8, 4) is 0 Å². The van der Waals surface area contributed by atoms with Gasteiger partial charge in [0.2, 0.25) is 5.91 Å². The van der Waals surface area contributed by atoms with Crippen LogP contribution in [0.1, 0.15) is 18.9 Å². The molecule has 1 aromatic carbocycles. The number of carbonyl (C=O) groups is 2. The second-order valence-electron chi connectivity index (χ2n) is 4.85. The average molecular weight is 316 g/mol. The highest BCUT2D eigenvalue weighted by atomic mass is 35.5. The van der Waals surface area contributed by atoms with Gasteiger partial charge in [0, 0.05) is 42.8 Å². The number of hydrogen-bond donors (Lipinski definition) is 0. The van der Waals surface area contributed by atoms with Crippen LogP contribution < -0.4 is 0 Å². The number of nitrogens with zero attached hydrogens (tertiary/aromatic N) is 1. The first-order valence-electron chi connectivity index (χ1n) is 6.31. The number of amides is 1. The first kappa shape index (κ1) is 15.3. The highest BCUT2D eigenvalue weighted by Crippen LogP contribution is 2.27. The van der Waals surface area contributed by atoms with Crippen LogP contribution >= 0.6 is 23.4 Å². The fourth-order valence-electron chi connectivity index (χ4n) is 2.23. The zero-order valence-electron chi connectivity index (χ0n) is 11.1. The van der Waals surface area contributed by atoms with Gasteiger partial charge in [0.25, 0.3) is 0 Å². The molecule has 0 spiro atoms. The Morgan fingerprint density at radius 2 is 2.30 bits per heavy atom. The molecule has 1 atom stereocenters. The van der Waals surface area contributed by atoms with Gasteiger partial charge in [0.1, 0.15) is 5.82 Å². The minimum Gasteiger partial charge on any atom is -0.338 e. The minimum absolute atomic E-state index is 0.0153. The molecular weight excluding hydrogens is 301 g/mol. The predicted octanol–water partition coefficient (Wildman–Crippen LogP) is 3.11. The summed E-state index contributed by atoms with van der Waals surface area (Å²) in [5, 5.41) is 0.382. The van der Waals surface area contributed by atoms with E-state index >= 15 is 0 Å². The SMILES string of the molecule is CC(=O)SCC1CC(=O)N(Cc2c(F)cccc2Cl)C1. The Kier molecular flexibility index (Phi) is 5.05. The molecule has 1 amide bonds. The summed E-state index contributed by atoms with van der Waals surface area (Å²) < 4.78 is 13.7. The van der Waals surface area contributed by atoms with Crippen LogP contribution in [0.5, 0.6) is 0 Å². The van der Waals surface area contributed by atoms with Gasteiger partial charge in [-0.15, -0.1) is 0 Å². The van der Waals surface area contributed by atoms with E-state index in [1.807, 2.05) is 0 Å². The highest BCUT2D eigenvalue weighted by molar-refractivity contribution is 8.13. The van der Waals surface area contributed by atoms with Crippen molar-refractivity contribution in [1.82, 2.24) is 4.90 Å². The van der Waals surface area contributed by atoms with Gasteiger partial charge < -0.3 is 4.90 Å². The Morgan fingerprint density at radius 1 is 1.55 bits per heavy atom. The van der Waals surface area contributed by atoms with Crippen molar-refractivity contribution in [2.75, 3.05) is 12.3 Å². The molecule has 0 saturated carbocycles. The van der Waals surface area contributed by atoms with Crippen LogP contribution in [0, 0.1) is 11.7 Å². The number of carbonyl (C=O) groups excluding carboxylic acids is 2. The maximum Gasteiger partial charge on any atom is 0.223 e.